The van der Waals surface area contributed by atoms with Crippen molar-refractivity contribution in [2.75, 3.05) is 26.2 Å². The summed E-state index contributed by atoms with van der Waals surface area (Å²) in [4.78, 5) is 40.8. The number of aromatic amines is 1. The number of carbonyl (C=O) groups excluding carboxylic acids is 2. The van der Waals surface area contributed by atoms with Crippen LogP contribution in [0.1, 0.15) is 17.3 Å². The lowest BCUT2D eigenvalue weighted by molar-refractivity contribution is -0.130. The summed E-state index contributed by atoms with van der Waals surface area (Å²) >= 11 is 0. The van der Waals surface area contributed by atoms with Crippen LogP contribution in [-0.2, 0) is 4.79 Å². The van der Waals surface area contributed by atoms with Gasteiger partial charge in [-0.3, -0.25) is 14.4 Å². The van der Waals surface area contributed by atoms with E-state index in [1.54, 1.807) is 9.80 Å². The number of amides is 2. The van der Waals surface area contributed by atoms with E-state index in [1.165, 1.54) is 25.4 Å². The van der Waals surface area contributed by atoms with Crippen LogP contribution >= 0.6 is 0 Å². The third-order valence-electron chi connectivity index (χ3n) is 3.07. The molecule has 1 aromatic rings. The molecule has 6 heteroatoms. The van der Waals surface area contributed by atoms with Crippen LogP contribution in [0.4, 0.5) is 0 Å². The van der Waals surface area contributed by atoms with Gasteiger partial charge in [-0.1, -0.05) is 0 Å². The number of nitrogens with zero attached hydrogens (tertiary/aromatic N) is 2. The largest absolute Gasteiger partial charge is 0.367 e. The molecule has 1 aromatic heterocycles. The molecule has 96 valence electrons. The quantitative estimate of drug-likeness (QED) is 0.741. The number of nitrogens with one attached hydrogen (secondary N) is 1. The van der Waals surface area contributed by atoms with Crippen molar-refractivity contribution in [3.63, 3.8) is 0 Å². The zero-order valence-corrected chi connectivity index (χ0v) is 10.2. The Morgan fingerprint density at radius 3 is 2.33 bits per heavy atom. The van der Waals surface area contributed by atoms with Gasteiger partial charge in [-0.15, -0.1) is 0 Å². The average molecular weight is 249 g/mol. The van der Waals surface area contributed by atoms with Gasteiger partial charge in [0, 0.05) is 51.6 Å². The Morgan fingerprint density at radius 2 is 1.78 bits per heavy atom. The lowest BCUT2D eigenvalue weighted by atomic mass is 10.2. The molecule has 1 N–H and O–H groups in total. The summed E-state index contributed by atoms with van der Waals surface area (Å²) in [5.74, 6) is -0.264. The van der Waals surface area contributed by atoms with Gasteiger partial charge in [-0.25, -0.2) is 0 Å². The minimum atomic E-state index is -0.284. The van der Waals surface area contributed by atoms with Gasteiger partial charge in [0.15, 0.2) is 5.43 Å². The topological polar surface area (TPSA) is 73.5 Å². The molecule has 2 amide bonds. The van der Waals surface area contributed by atoms with Crippen molar-refractivity contribution in [1.29, 1.82) is 0 Å². The number of hydrogen-bond acceptors (Lipinski definition) is 3. The van der Waals surface area contributed by atoms with E-state index in [0.717, 1.165) is 0 Å². The predicted octanol–water partition coefficient (Wildman–Crippen LogP) is -0.321. The van der Waals surface area contributed by atoms with Gasteiger partial charge in [-0.2, -0.15) is 0 Å². The molecular weight excluding hydrogens is 234 g/mol. The van der Waals surface area contributed by atoms with Crippen LogP contribution in [0.3, 0.4) is 0 Å². The molecule has 0 unspecified atom stereocenters. The van der Waals surface area contributed by atoms with Gasteiger partial charge < -0.3 is 14.8 Å². The Labute approximate surface area is 104 Å². The van der Waals surface area contributed by atoms with E-state index in [1.807, 2.05) is 0 Å². The molecule has 0 spiro atoms. The van der Waals surface area contributed by atoms with E-state index in [0.29, 0.717) is 26.2 Å². The van der Waals surface area contributed by atoms with Crippen molar-refractivity contribution in [1.82, 2.24) is 14.8 Å². The zero-order valence-electron chi connectivity index (χ0n) is 10.2. The molecule has 0 radical (unpaired) electrons. The second kappa shape index (κ2) is 5.03. The monoisotopic (exact) mass is 249 g/mol. The highest BCUT2D eigenvalue weighted by Crippen LogP contribution is 2.05. The first-order valence-electron chi connectivity index (χ1n) is 5.81. The first-order valence-corrected chi connectivity index (χ1v) is 5.81. The first-order chi connectivity index (χ1) is 8.59. The third-order valence-corrected chi connectivity index (χ3v) is 3.07. The van der Waals surface area contributed by atoms with Crippen LogP contribution in [0.5, 0.6) is 0 Å². The summed E-state index contributed by atoms with van der Waals surface area (Å²) in [7, 11) is 0. The molecule has 0 atom stereocenters. The number of pyridine rings is 1. The lowest BCUT2D eigenvalue weighted by Crippen LogP contribution is -2.50. The molecule has 0 aromatic carbocycles. The molecule has 1 fully saturated rings. The number of rotatable bonds is 1. The maximum absolute atomic E-state index is 12.1. The molecule has 18 heavy (non-hydrogen) atoms. The second-order valence-corrected chi connectivity index (χ2v) is 4.22. The number of aromatic nitrogens is 1. The van der Waals surface area contributed by atoms with E-state index < -0.39 is 0 Å². The van der Waals surface area contributed by atoms with Crippen molar-refractivity contribution in [3.05, 3.63) is 34.2 Å². The Balaban J connectivity index is 2.07. The molecule has 2 heterocycles. The number of hydrogen-bond donors (Lipinski definition) is 1. The maximum atomic E-state index is 12.1. The average Bonchev–Trinajstić information content (AvgIpc) is 2.38. The first kappa shape index (κ1) is 12.3. The standard InChI is InChI=1S/C12H15N3O3/c1-9(16)14-4-6-15(7-5-14)12(18)10-8-13-3-2-11(10)17/h2-3,8H,4-7H2,1H3,(H,13,17). The van der Waals surface area contributed by atoms with Crippen LogP contribution in [0.25, 0.3) is 0 Å². The number of piperazine rings is 1. The smallest absolute Gasteiger partial charge is 0.259 e. The van der Waals surface area contributed by atoms with Gasteiger partial charge in [0.1, 0.15) is 5.56 Å². The fourth-order valence-corrected chi connectivity index (χ4v) is 1.98. The molecule has 2 rings (SSSR count). The molecule has 1 aliphatic rings. The molecule has 0 saturated carbocycles. The lowest BCUT2D eigenvalue weighted by Gasteiger charge is -2.34. The SMILES string of the molecule is CC(=O)N1CCN(C(=O)c2c[nH]ccc2=O)CC1. The fourth-order valence-electron chi connectivity index (χ4n) is 1.98. The van der Waals surface area contributed by atoms with Crippen LogP contribution in [0.15, 0.2) is 23.3 Å². The second-order valence-electron chi connectivity index (χ2n) is 4.22. The van der Waals surface area contributed by atoms with Crippen molar-refractivity contribution >= 4 is 11.8 Å². The van der Waals surface area contributed by atoms with Crippen molar-refractivity contribution in [2.24, 2.45) is 0 Å². The maximum Gasteiger partial charge on any atom is 0.259 e. The summed E-state index contributed by atoms with van der Waals surface area (Å²) in [5, 5.41) is 0. The highest BCUT2D eigenvalue weighted by Gasteiger charge is 2.24. The van der Waals surface area contributed by atoms with E-state index in [-0.39, 0.29) is 22.8 Å². The number of carbonyl (C=O) groups is 2. The van der Waals surface area contributed by atoms with Crippen molar-refractivity contribution in [3.8, 4) is 0 Å². The van der Waals surface area contributed by atoms with E-state index in [9.17, 15) is 14.4 Å². The zero-order chi connectivity index (χ0) is 13.1. The Hall–Kier alpha value is -2.11. The summed E-state index contributed by atoms with van der Waals surface area (Å²) in [6, 6.07) is 1.33. The molecule has 1 aliphatic heterocycles. The minimum Gasteiger partial charge on any atom is -0.367 e. The van der Waals surface area contributed by atoms with Crippen LogP contribution in [0, 0.1) is 0 Å². The van der Waals surface area contributed by atoms with Gasteiger partial charge in [0.25, 0.3) is 5.91 Å². The van der Waals surface area contributed by atoms with Gasteiger partial charge in [0.2, 0.25) is 5.91 Å². The van der Waals surface area contributed by atoms with Crippen LogP contribution < -0.4 is 5.43 Å². The van der Waals surface area contributed by atoms with Gasteiger partial charge in [0.05, 0.1) is 0 Å². The molecule has 0 aliphatic carbocycles. The predicted molar refractivity (Wildman–Crippen MR) is 65.2 cm³/mol. The van der Waals surface area contributed by atoms with Gasteiger partial charge >= 0.3 is 0 Å². The highest BCUT2D eigenvalue weighted by atomic mass is 16.2. The molecule has 6 nitrogen and oxygen atoms in total. The molecule has 0 bridgehead atoms. The van der Waals surface area contributed by atoms with E-state index in [2.05, 4.69) is 4.98 Å². The van der Waals surface area contributed by atoms with E-state index >= 15 is 0 Å². The van der Waals surface area contributed by atoms with Crippen molar-refractivity contribution < 1.29 is 9.59 Å². The van der Waals surface area contributed by atoms with Crippen LogP contribution in [0.2, 0.25) is 0 Å². The normalized spacial score (nSPS) is 15.6. The highest BCUT2D eigenvalue weighted by molar-refractivity contribution is 5.94. The van der Waals surface area contributed by atoms with E-state index in [4.69, 9.17) is 0 Å². The van der Waals surface area contributed by atoms with Crippen LogP contribution in [-0.4, -0.2) is 52.8 Å². The summed E-state index contributed by atoms with van der Waals surface area (Å²) in [6.45, 7) is 3.48. The van der Waals surface area contributed by atoms with Gasteiger partial charge in [-0.05, 0) is 0 Å². The Morgan fingerprint density at radius 1 is 1.17 bits per heavy atom. The summed E-state index contributed by atoms with van der Waals surface area (Å²) in [5.41, 5.74) is -0.137. The molecule has 1 saturated heterocycles. The minimum absolute atomic E-state index is 0.0136. The third kappa shape index (κ3) is 2.42. The Bertz CT molecular complexity index is 515. The fraction of sp³-hybridized carbons (Fsp3) is 0.417. The summed E-state index contributed by atoms with van der Waals surface area (Å²) in [6.07, 6.45) is 2.91. The molecular formula is C12H15N3O3. The Kier molecular flexibility index (Phi) is 3.45. The number of H-pyrrole nitrogens is 1. The summed E-state index contributed by atoms with van der Waals surface area (Å²) < 4.78 is 0. The van der Waals surface area contributed by atoms with Crippen molar-refractivity contribution in [2.45, 2.75) is 6.92 Å².